The largest absolute Gasteiger partial charge is 0.508 e. The van der Waals surface area contributed by atoms with Crippen LogP contribution >= 0.6 is 0 Å². The summed E-state index contributed by atoms with van der Waals surface area (Å²) in [4.78, 5) is 0. The minimum atomic E-state index is 0.182. The quantitative estimate of drug-likeness (QED) is 0.206. The van der Waals surface area contributed by atoms with Crippen molar-refractivity contribution in [3.63, 3.8) is 0 Å². The Hall–Kier alpha value is -1.42. The second-order valence-electron chi connectivity index (χ2n) is 2.32. The van der Waals surface area contributed by atoms with E-state index >= 15 is 0 Å². The van der Waals surface area contributed by atoms with Gasteiger partial charge in [-0.05, 0) is 19.1 Å². The van der Waals surface area contributed by atoms with Gasteiger partial charge in [-0.25, -0.2) is 0 Å². The van der Waals surface area contributed by atoms with Gasteiger partial charge in [0.25, 0.3) is 0 Å². The third kappa shape index (κ3) is 1.20. The normalized spacial score (nSPS) is 9.64. The lowest BCUT2D eigenvalue weighted by molar-refractivity contribution is 0.471. The molecule has 0 spiro atoms. The van der Waals surface area contributed by atoms with Gasteiger partial charge >= 0.3 is 0 Å². The van der Waals surface area contributed by atoms with Crippen LogP contribution in [-0.2, 0) is 0 Å². The fourth-order valence-electron chi connectivity index (χ4n) is 0.843. The van der Waals surface area contributed by atoms with Crippen molar-refractivity contribution in [3.8, 4) is 5.75 Å². The van der Waals surface area contributed by atoms with Crippen LogP contribution in [0.2, 0.25) is 0 Å². The van der Waals surface area contributed by atoms with E-state index in [4.69, 9.17) is 11.6 Å². The number of nitrogens with one attached hydrogen (secondary N) is 1. The molecule has 0 bridgehead atoms. The van der Waals surface area contributed by atoms with Crippen molar-refractivity contribution in [3.05, 3.63) is 17.7 Å². The van der Waals surface area contributed by atoms with Crippen molar-refractivity contribution in [2.24, 2.45) is 5.84 Å². The summed E-state index contributed by atoms with van der Waals surface area (Å²) in [5, 5.41) is 9.17. The Morgan fingerprint density at radius 3 is 2.64 bits per heavy atom. The molecule has 1 rings (SSSR count). The highest BCUT2D eigenvalue weighted by Crippen LogP contribution is 2.28. The molecule has 0 aliphatic heterocycles. The highest BCUT2D eigenvalue weighted by molar-refractivity contribution is 5.71. The van der Waals surface area contributed by atoms with Crippen LogP contribution < -0.4 is 17.0 Å². The molecule has 0 aliphatic rings. The number of benzene rings is 1. The van der Waals surface area contributed by atoms with Gasteiger partial charge in [-0.3, -0.25) is 5.84 Å². The number of rotatable bonds is 1. The van der Waals surface area contributed by atoms with Gasteiger partial charge in [-0.15, -0.1) is 0 Å². The standard InChI is InChI=1S/C7H11N3O/c1-4-6(11)3-2-5(10-9)7(4)8/h2-3,10-11H,8-9H2,1H3. The second-order valence-corrected chi connectivity index (χ2v) is 2.32. The molecule has 1 aromatic rings. The first kappa shape index (κ1) is 7.68. The van der Waals surface area contributed by atoms with Gasteiger partial charge < -0.3 is 16.3 Å². The molecule has 0 saturated carbocycles. The summed E-state index contributed by atoms with van der Waals surface area (Å²) in [5.74, 6) is 5.34. The van der Waals surface area contributed by atoms with Crippen LogP contribution in [0.25, 0.3) is 0 Å². The highest BCUT2D eigenvalue weighted by Gasteiger charge is 2.03. The number of hydrogen-bond acceptors (Lipinski definition) is 4. The molecule has 0 aromatic heterocycles. The van der Waals surface area contributed by atoms with Crippen LogP contribution in [0.15, 0.2) is 12.1 Å². The summed E-state index contributed by atoms with van der Waals surface area (Å²) < 4.78 is 0. The molecule has 6 N–H and O–H groups in total. The lowest BCUT2D eigenvalue weighted by atomic mass is 10.1. The first-order valence-electron chi connectivity index (χ1n) is 3.21. The molecule has 4 heteroatoms. The van der Waals surface area contributed by atoms with Crippen molar-refractivity contribution >= 4 is 11.4 Å². The molecular formula is C7H11N3O. The van der Waals surface area contributed by atoms with Crippen LogP contribution in [0.1, 0.15) is 5.56 Å². The predicted molar refractivity (Wildman–Crippen MR) is 45.1 cm³/mol. The third-order valence-electron chi connectivity index (χ3n) is 1.64. The third-order valence-corrected chi connectivity index (χ3v) is 1.64. The van der Waals surface area contributed by atoms with Crippen LogP contribution in [0, 0.1) is 6.92 Å². The molecule has 1 aromatic carbocycles. The van der Waals surface area contributed by atoms with E-state index in [2.05, 4.69) is 5.43 Å². The van der Waals surface area contributed by atoms with E-state index in [0.717, 1.165) is 0 Å². The topological polar surface area (TPSA) is 84.3 Å². The van der Waals surface area contributed by atoms with E-state index in [9.17, 15) is 5.11 Å². The summed E-state index contributed by atoms with van der Waals surface area (Å²) in [7, 11) is 0. The molecule has 4 nitrogen and oxygen atoms in total. The summed E-state index contributed by atoms with van der Waals surface area (Å²) >= 11 is 0. The monoisotopic (exact) mass is 153 g/mol. The van der Waals surface area contributed by atoms with Crippen LogP contribution in [-0.4, -0.2) is 5.11 Å². The first-order valence-corrected chi connectivity index (χ1v) is 3.21. The van der Waals surface area contributed by atoms with E-state index in [1.165, 1.54) is 0 Å². The zero-order valence-electron chi connectivity index (χ0n) is 6.26. The molecule has 0 amide bonds. The lowest BCUT2D eigenvalue weighted by Crippen LogP contribution is -2.09. The Labute approximate surface area is 64.8 Å². The molecule has 60 valence electrons. The Morgan fingerprint density at radius 1 is 1.45 bits per heavy atom. The molecule has 0 saturated heterocycles. The van der Waals surface area contributed by atoms with E-state index in [1.807, 2.05) is 0 Å². The van der Waals surface area contributed by atoms with Crippen molar-refractivity contribution < 1.29 is 5.11 Å². The molecule has 11 heavy (non-hydrogen) atoms. The lowest BCUT2D eigenvalue weighted by Gasteiger charge is -2.08. The molecule has 0 unspecified atom stereocenters. The summed E-state index contributed by atoms with van der Waals surface area (Å²) in [6, 6.07) is 3.17. The average Bonchev–Trinajstić information content (AvgIpc) is 2.01. The van der Waals surface area contributed by atoms with E-state index in [1.54, 1.807) is 19.1 Å². The van der Waals surface area contributed by atoms with Crippen molar-refractivity contribution in [2.75, 3.05) is 11.2 Å². The maximum Gasteiger partial charge on any atom is 0.120 e. The number of nitrogen functional groups attached to an aromatic ring is 2. The van der Waals surface area contributed by atoms with E-state index < -0.39 is 0 Å². The van der Waals surface area contributed by atoms with Gasteiger partial charge in [0.15, 0.2) is 0 Å². The number of aromatic hydroxyl groups is 1. The zero-order chi connectivity index (χ0) is 8.43. The van der Waals surface area contributed by atoms with Crippen LogP contribution in [0.3, 0.4) is 0 Å². The smallest absolute Gasteiger partial charge is 0.120 e. The fraction of sp³-hybridized carbons (Fsp3) is 0.143. The van der Waals surface area contributed by atoms with Gasteiger partial charge in [0, 0.05) is 5.56 Å². The number of phenols is 1. The molecule has 0 fully saturated rings. The number of hydrogen-bond donors (Lipinski definition) is 4. The average molecular weight is 153 g/mol. The summed E-state index contributed by atoms with van der Waals surface area (Å²) in [5.41, 5.74) is 9.76. The molecule has 0 atom stereocenters. The second kappa shape index (κ2) is 2.67. The minimum absolute atomic E-state index is 0.182. The molecule has 0 aliphatic carbocycles. The van der Waals surface area contributed by atoms with Gasteiger partial charge in [0.05, 0.1) is 11.4 Å². The Kier molecular flexibility index (Phi) is 1.87. The number of phenolic OH excluding ortho intramolecular Hbond substituents is 1. The van der Waals surface area contributed by atoms with Crippen molar-refractivity contribution in [2.45, 2.75) is 6.92 Å². The van der Waals surface area contributed by atoms with Gasteiger partial charge in [-0.2, -0.15) is 0 Å². The van der Waals surface area contributed by atoms with Crippen LogP contribution in [0.4, 0.5) is 11.4 Å². The van der Waals surface area contributed by atoms with Crippen molar-refractivity contribution in [1.29, 1.82) is 0 Å². The van der Waals surface area contributed by atoms with Gasteiger partial charge in [0.2, 0.25) is 0 Å². The van der Waals surface area contributed by atoms with Crippen molar-refractivity contribution in [1.82, 2.24) is 0 Å². The zero-order valence-corrected chi connectivity index (χ0v) is 6.26. The van der Waals surface area contributed by atoms with Gasteiger partial charge in [0.1, 0.15) is 5.75 Å². The Morgan fingerprint density at radius 2 is 2.09 bits per heavy atom. The number of hydrazine groups is 1. The van der Waals surface area contributed by atoms with E-state index in [0.29, 0.717) is 16.9 Å². The highest BCUT2D eigenvalue weighted by atomic mass is 16.3. The Balaban J connectivity index is 3.25. The number of anilines is 2. The van der Waals surface area contributed by atoms with E-state index in [-0.39, 0.29) is 5.75 Å². The number of nitrogens with two attached hydrogens (primary N) is 2. The summed E-state index contributed by atoms with van der Waals surface area (Å²) in [6.07, 6.45) is 0. The Bertz CT molecular complexity index is 273. The predicted octanol–water partition coefficient (Wildman–Crippen LogP) is 0.568. The van der Waals surface area contributed by atoms with Crippen LogP contribution in [0.5, 0.6) is 5.75 Å². The maximum atomic E-state index is 9.17. The van der Waals surface area contributed by atoms with Gasteiger partial charge in [-0.1, -0.05) is 0 Å². The fourth-order valence-corrected chi connectivity index (χ4v) is 0.843. The molecular weight excluding hydrogens is 142 g/mol. The molecule has 0 heterocycles. The summed E-state index contributed by atoms with van der Waals surface area (Å²) in [6.45, 7) is 1.73. The maximum absolute atomic E-state index is 9.17. The first-order chi connectivity index (χ1) is 5.16. The minimum Gasteiger partial charge on any atom is -0.508 e. The molecule has 0 radical (unpaired) electrons. The SMILES string of the molecule is Cc1c(O)ccc(NN)c1N.